The van der Waals surface area contributed by atoms with Crippen molar-refractivity contribution in [3.8, 4) is 0 Å². The van der Waals surface area contributed by atoms with Crippen LogP contribution >= 0.6 is 0 Å². The van der Waals surface area contributed by atoms with E-state index in [2.05, 4.69) is 10.2 Å². The highest BCUT2D eigenvalue weighted by atomic mass is 19.4. The number of amides is 1. The van der Waals surface area contributed by atoms with Crippen molar-refractivity contribution in [2.45, 2.75) is 31.9 Å². The molecule has 1 fully saturated rings. The summed E-state index contributed by atoms with van der Waals surface area (Å²) in [4.78, 5) is 14.3. The van der Waals surface area contributed by atoms with Crippen LogP contribution in [0.1, 0.15) is 46.1 Å². The Morgan fingerprint density at radius 2 is 1.80 bits per heavy atom. The molecule has 0 spiro atoms. The van der Waals surface area contributed by atoms with Crippen LogP contribution in [-0.2, 0) is 6.18 Å². The van der Waals surface area contributed by atoms with Crippen LogP contribution in [0.2, 0.25) is 0 Å². The Bertz CT molecular complexity index is 1120. The van der Waals surface area contributed by atoms with E-state index < -0.39 is 40.8 Å². The van der Waals surface area contributed by atoms with E-state index in [1.54, 1.807) is 16.7 Å². The zero-order valence-electron chi connectivity index (χ0n) is 15.9. The van der Waals surface area contributed by atoms with Crippen molar-refractivity contribution in [3.05, 3.63) is 64.6 Å². The summed E-state index contributed by atoms with van der Waals surface area (Å²) in [5.74, 6) is -3.68. The number of aryl methyl sites for hydroxylation is 1. The minimum atomic E-state index is -4.93. The van der Waals surface area contributed by atoms with Gasteiger partial charge in [-0.25, -0.2) is 8.78 Å². The number of halogens is 5. The van der Waals surface area contributed by atoms with Gasteiger partial charge in [0.2, 0.25) is 5.82 Å². The van der Waals surface area contributed by atoms with Crippen molar-refractivity contribution in [1.82, 2.24) is 19.5 Å². The number of benzene rings is 1. The van der Waals surface area contributed by atoms with Crippen LogP contribution in [0.15, 0.2) is 30.5 Å². The number of carbonyl (C=O) groups is 1. The third-order valence-electron chi connectivity index (χ3n) is 5.33. The fraction of sp³-hybridized carbons (Fsp3) is 0.350. The average molecular weight is 424 g/mol. The number of nitrogens with zero attached hydrogens (tertiary/aromatic N) is 4. The maximum absolute atomic E-state index is 13.9. The molecule has 0 aliphatic carbocycles. The molecule has 1 aromatic carbocycles. The minimum Gasteiger partial charge on any atom is -0.336 e. The number of hydrogen-bond donors (Lipinski definition) is 0. The van der Waals surface area contributed by atoms with Gasteiger partial charge in [0, 0.05) is 25.4 Å². The van der Waals surface area contributed by atoms with Gasteiger partial charge in [-0.15, -0.1) is 10.2 Å². The highest BCUT2D eigenvalue weighted by Gasteiger charge is 2.40. The lowest BCUT2D eigenvalue weighted by Crippen LogP contribution is -2.39. The Kier molecular flexibility index (Phi) is 4.95. The number of aromatic nitrogens is 3. The SMILES string of the molecule is Cc1ccc2nnc(C(=O)N3CCC(c4cc(F)cc(F)c4C(F)(F)F)CC3)n2c1. The highest BCUT2D eigenvalue weighted by molar-refractivity contribution is 5.91. The molecule has 1 amide bonds. The van der Waals surface area contributed by atoms with Gasteiger partial charge in [0.15, 0.2) is 5.65 Å². The average Bonchev–Trinajstić information content (AvgIpc) is 3.08. The van der Waals surface area contributed by atoms with Gasteiger partial charge in [-0.3, -0.25) is 9.20 Å². The first-order valence-electron chi connectivity index (χ1n) is 9.32. The molecule has 2 aromatic heterocycles. The van der Waals surface area contributed by atoms with E-state index in [0.29, 0.717) is 5.65 Å². The Hall–Kier alpha value is -3.04. The molecule has 0 unspecified atom stereocenters. The minimum absolute atomic E-state index is 0.111. The zero-order valence-corrected chi connectivity index (χ0v) is 15.9. The van der Waals surface area contributed by atoms with E-state index >= 15 is 0 Å². The van der Waals surface area contributed by atoms with Crippen LogP contribution in [0.5, 0.6) is 0 Å². The molecule has 158 valence electrons. The summed E-state index contributed by atoms with van der Waals surface area (Å²) >= 11 is 0. The molecule has 0 N–H and O–H groups in total. The molecule has 0 radical (unpaired) electrons. The molecule has 10 heteroatoms. The summed E-state index contributed by atoms with van der Waals surface area (Å²) in [5.41, 5.74) is -0.435. The molecule has 5 nitrogen and oxygen atoms in total. The summed E-state index contributed by atoms with van der Waals surface area (Å²) < 4.78 is 69.1. The quantitative estimate of drug-likeness (QED) is 0.575. The van der Waals surface area contributed by atoms with Gasteiger partial charge >= 0.3 is 6.18 Å². The zero-order chi connectivity index (χ0) is 21.6. The van der Waals surface area contributed by atoms with Crippen LogP contribution in [0.25, 0.3) is 5.65 Å². The summed E-state index contributed by atoms with van der Waals surface area (Å²) in [7, 11) is 0. The molecule has 0 atom stereocenters. The van der Waals surface area contributed by atoms with Crippen molar-refractivity contribution in [2.75, 3.05) is 13.1 Å². The van der Waals surface area contributed by atoms with Gasteiger partial charge in [-0.05, 0) is 48.9 Å². The first-order valence-corrected chi connectivity index (χ1v) is 9.32. The van der Waals surface area contributed by atoms with Gasteiger partial charge in [-0.2, -0.15) is 13.2 Å². The van der Waals surface area contributed by atoms with Crippen molar-refractivity contribution in [2.24, 2.45) is 0 Å². The molecule has 0 bridgehead atoms. The number of pyridine rings is 1. The molecular formula is C20H17F5N4O. The molecule has 3 aromatic rings. The Balaban J connectivity index is 1.56. The first kappa shape index (κ1) is 20.2. The fourth-order valence-corrected chi connectivity index (χ4v) is 3.89. The van der Waals surface area contributed by atoms with Gasteiger partial charge < -0.3 is 4.90 Å². The first-order chi connectivity index (χ1) is 14.1. The van der Waals surface area contributed by atoms with Crippen LogP contribution in [0.4, 0.5) is 22.0 Å². The number of carbonyl (C=O) groups excluding carboxylic acids is 1. The van der Waals surface area contributed by atoms with E-state index in [1.807, 2.05) is 13.0 Å². The molecule has 30 heavy (non-hydrogen) atoms. The van der Waals surface area contributed by atoms with E-state index in [0.717, 1.165) is 11.6 Å². The molecule has 1 saturated heterocycles. The number of rotatable bonds is 2. The monoisotopic (exact) mass is 424 g/mol. The van der Waals surface area contributed by atoms with Crippen LogP contribution in [-0.4, -0.2) is 38.5 Å². The largest absolute Gasteiger partial charge is 0.419 e. The number of hydrogen-bond acceptors (Lipinski definition) is 3. The molecule has 0 saturated carbocycles. The van der Waals surface area contributed by atoms with Gasteiger partial charge in [0.05, 0.1) is 5.56 Å². The lowest BCUT2D eigenvalue weighted by Gasteiger charge is -2.33. The lowest BCUT2D eigenvalue weighted by molar-refractivity contribution is -0.141. The predicted molar refractivity (Wildman–Crippen MR) is 97.0 cm³/mol. The Labute approximate surface area is 168 Å². The van der Waals surface area contributed by atoms with Crippen molar-refractivity contribution < 1.29 is 26.7 Å². The topological polar surface area (TPSA) is 50.5 Å². The maximum atomic E-state index is 13.9. The smallest absolute Gasteiger partial charge is 0.336 e. The van der Waals surface area contributed by atoms with Crippen LogP contribution < -0.4 is 0 Å². The number of piperidine rings is 1. The lowest BCUT2D eigenvalue weighted by atomic mass is 9.86. The number of alkyl halides is 3. The molecule has 1 aliphatic rings. The maximum Gasteiger partial charge on any atom is 0.419 e. The summed E-state index contributed by atoms with van der Waals surface area (Å²) in [6, 6.07) is 4.54. The third kappa shape index (κ3) is 3.61. The second-order valence-corrected chi connectivity index (χ2v) is 7.37. The molecular weight excluding hydrogens is 407 g/mol. The van der Waals surface area contributed by atoms with Crippen molar-refractivity contribution in [1.29, 1.82) is 0 Å². The molecule has 1 aliphatic heterocycles. The predicted octanol–water partition coefficient (Wildman–Crippen LogP) is 4.35. The van der Waals surface area contributed by atoms with E-state index in [1.165, 1.54) is 4.90 Å². The number of fused-ring (bicyclic) bond motifs is 1. The van der Waals surface area contributed by atoms with Gasteiger partial charge in [0.25, 0.3) is 5.91 Å². The van der Waals surface area contributed by atoms with Gasteiger partial charge in [0.1, 0.15) is 11.6 Å². The summed E-state index contributed by atoms with van der Waals surface area (Å²) in [6.07, 6.45) is -2.92. The molecule has 4 rings (SSSR count). The van der Waals surface area contributed by atoms with Gasteiger partial charge in [-0.1, -0.05) is 6.07 Å². The number of likely N-dealkylation sites (tertiary alicyclic amines) is 1. The fourth-order valence-electron chi connectivity index (χ4n) is 3.89. The van der Waals surface area contributed by atoms with Crippen LogP contribution in [0, 0.1) is 18.6 Å². The second kappa shape index (κ2) is 7.33. The van der Waals surface area contributed by atoms with E-state index in [4.69, 9.17) is 0 Å². The van der Waals surface area contributed by atoms with Crippen molar-refractivity contribution in [3.63, 3.8) is 0 Å². The Morgan fingerprint density at radius 3 is 2.47 bits per heavy atom. The van der Waals surface area contributed by atoms with Crippen molar-refractivity contribution >= 4 is 11.6 Å². The normalized spacial score (nSPS) is 15.7. The summed E-state index contributed by atoms with van der Waals surface area (Å²) in [5, 5.41) is 7.89. The third-order valence-corrected chi connectivity index (χ3v) is 5.33. The van der Waals surface area contributed by atoms with Crippen LogP contribution in [0.3, 0.4) is 0 Å². The Morgan fingerprint density at radius 1 is 1.10 bits per heavy atom. The standard InChI is InChI=1S/C20H17F5N4O/c1-11-2-3-16-26-27-18(29(16)10-11)19(30)28-6-4-12(5-7-28)14-8-13(21)9-15(22)17(14)20(23,24)25/h2-3,8-10,12H,4-7H2,1H3. The second-order valence-electron chi connectivity index (χ2n) is 7.37. The summed E-state index contributed by atoms with van der Waals surface area (Å²) in [6.45, 7) is 2.13. The highest BCUT2D eigenvalue weighted by Crippen LogP contribution is 2.40. The van der Waals surface area contributed by atoms with E-state index in [9.17, 15) is 26.7 Å². The van der Waals surface area contributed by atoms with E-state index in [-0.39, 0.29) is 37.8 Å². The molecule has 3 heterocycles.